The molecule has 0 saturated carbocycles. The summed E-state index contributed by atoms with van der Waals surface area (Å²) in [6.45, 7) is 7.23. The van der Waals surface area contributed by atoms with Crippen molar-refractivity contribution in [1.29, 1.82) is 0 Å². The number of hydrogen-bond acceptors (Lipinski definition) is 8. The Balaban J connectivity index is 1.62. The summed E-state index contributed by atoms with van der Waals surface area (Å²) in [5.41, 5.74) is 10.7. The quantitative estimate of drug-likeness (QED) is 0.516. The molecular weight excluding hydrogens is 430 g/mol. The summed E-state index contributed by atoms with van der Waals surface area (Å²) in [6, 6.07) is 8.10. The van der Waals surface area contributed by atoms with Crippen molar-refractivity contribution in [3.05, 3.63) is 54.0 Å². The molecule has 1 aromatic heterocycles. The molecule has 0 bridgehead atoms. The van der Waals surface area contributed by atoms with Crippen molar-refractivity contribution in [3.8, 4) is 11.3 Å². The van der Waals surface area contributed by atoms with Crippen molar-refractivity contribution in [2.75, 3.05) is 58.4 Å². The minimum atomic E-state index is -0.0208. The maximum Gasteiger partial charge on any atom is 0.222 e. The van der Waals surface area contributed by atoms with Gasteiger partial charge in [-0.2, -0.15) is 0 Å². The molecule has 1 amide bonds. The fourth-order valence-electron chi connectivity index (χ4n) is 3.82. The van der Waals surface area contributed by atoms with E-state index in [9.17, 15) is 4.79 Å². The minimum Gasteiger partial charge on any atom is -0.404 e. The van der Waals surface area contributed by atoms with E-state index in [0.29, 0.717) is 19.6 Å². The van der Waals surface area contributed by atoms with Crippen molar-refractivity contribution in [2.24, 2.45) is 10.7 Å². The number of nitrogens with one attached hydrogen (secondary N) is 1. The summed E-state index contributed by atoms with van der Waals surface area (Å²) >= 11 is 0. The van der Waals surface area contributed by atoms with Crippen LogP contribution in [0.4, 0.5) is 5.82 Å². The molecule has 0 unspecified atom stereocenters. The van der Waals surface area contributed by atoms with Crippen LogP contribution in [0, 0.1) is 0 Å². The number of ether oxygens (including phenoxy) is 1. The second-order valence-corrected chi connectivity index (χ2v) is 8.21. The molecule has 1 aliphatic heterocycles. The van der Waals surface area contributed by atoms with Crippen LogP contribution < -0.4 is 16.0 Å². The predicted molar refractivity (Wildman–Crippen MR) is 136 cm³/mol. The molecule has 2 aromatic rings. The van der Waals surface area contributed by atoms with E-state index in [2.05, 4.69) is 30.1 Å². The maximum atomic E-state index is 11.8. The highest BCUT2D eigenvalue weighted by atomic mass is 16.5. The molecule has 34 heavy (non-hydrogen) atoms. The largest absolute Gasteiger partial charge is 0.404 e. The number of aromatic nitrogens is 2. The number of piperazine rings is 1. The smallest absolute Gasteiger partial charge is 0.222 e. The minimum absolute atomic E-state index is 0.0208. The Kier molecular flexibility index (Phi) is 9.54. The van der Waals surface area contributed by atoms with Crippen molar-refractivity contribution in [2.45, 2.75) is 19.9 Å². The lowest BCUT2D eigenvalue weighted by atomic mass is 10.1. The van der Waals surface area contributed by atoms with E-state index in [1.807, 2.05) is 31.2 Å². The van der Waals surface area contributed by atoms with Gasteiger partial charge in [-0.3, -0.25) is 19.7 Å². The monoisotopic (exact) mass is 465 g/mol. The highest BCUT2D eigenvalue weighted by Gasteiger charge is 2.22. The summed E-state index contributed by atoms with van der Waals surface area (Å²) in [7, 11) is 3.38. The average molecular weight is 466 g/mol. The molecular formula is C25H35N7O2. The summed E-state index contributed by atoms with van der Waals surface area (Å²) in [5, 5.41) is 2.91. The molecule has 1 aliphatic rings. The van der Waals surface area contributed by atoms with Crippen LogP contribution in [-0.4, -0.2) is 80.0 Å². The summed E-state index contributed by atoms with van der Waals surface area (Å²) in [4.78, 5) is 30.0. The summed E-state index contributed by atoms with van der Waals surface area (Å²) < 4.78 is 4.94. The number of methoxy groups -OCH3 is 1. The van der Waals surface area contributed by atoms with Crippen LogP contribution in [-0.2, 0) is 16.1 Å². The first-order valence-corrected chi connectivity index (χ1v) is 11.5. The van der Waals surface area contributed by atoms with Crippen LogP contribution in [0.2, 0.25) is 0 Å². The third-order valence-corrected chi connectivity index (χ3v) is 6.00. The zero-order valence-electron chi connectivity index (χ0n) is 20.3. The highest BCUT2D eigenvalue weighted by molar-refractivity contribution is 5.98. The number of hydrogen-bond donors (Lipinski definition) is 2. The number of nitrogens with zero attached hydrogens (tertiary/aromatic N) is 5. The average Bonchev–Trinajstić information content (AvgIpc) is 2.89. The van der Waals surface area contributed by atoms with Gasteiger partial charge in [0.2, 0.25) is 5.91 Å². The van der Waals surface area contributed by atoms with Gasteiger partial charge >= 0.3 is 0 Å². The number of carbonyl (C=O) groups is 1. The maximum absolute atomic E-state index is 11.8. The zero-order valence-corrected chi connectivity index (χ0v) is 20.3. The third kappa shape index (κ3) is 6.85. The molecule has 3 rings (SSSR count). The van der Waals surface area contributed by atoms with Crippen molar-refractivity contribution in [3.63, 3.8) is 0 Å². The van der Waals surface area contributed by atoms with Gasteiger partial charge in [-0.05, 0) is 12.5 Å². The number of nitrogens with two attached hydrogens (primary N) is 1. The molecule has 182 valence electrons. The van der Waals surface area contributed by atoms with Gasteiger partial charge in [0.1, 0.15) is 5.69 Å². The standard InChI is InChI=1S/C25H35N7O2/c1-19(27-2)22(16-26)18-31-11-13-32(14-12-31)25-24(28-9-10-29-25)21-6-4-20(5-7-21)17-30-23(33)8-15-34-3/h4-7,9-10,16H,8,11-15,17-18,26H2,1-3H3,(H,30,33)/b22-16-,27-19?. The van der Waals surface area contributed by atoms with Gasteiger partial charge in [0.05, 0.1) is 6.61 Å². The van der Waals surface area contributed by atoms with Crippen LogP contribution in [0.15, 0.2) is 53.4 Å². The number of rotatable bonds is 10. The Morgan fingerprint density at radius 3 is 2.53 bits per heavy atom. The Morgan fingerprint density at radius 2 is 1.88 bits per heavy atom. The molecule has 1 aromatic carbocycles. The lowest BCUT2D eigenvalue weighted by Gasteiger charge is -2.36. The molecule has 0 spiro atoms. The zero-order chi connectivity index (χ0) is 24.3. The molecule has 0 aliphatic carbocycles. The molecule has 1 fully saturated rings. The molecule has 9 nitrogen and oxygen atoms in total. The Labute approximate surface area is 201 Å². The van der Waals surface area contributed by atoms with E-state index in [0.717, 1.165) is 66.6 Å². The van der Waals surface area contributed by atoms with E-state index < -0.39 is 0 Å². The van der Waals surface area contributed by atoms with E-state index in [1.165, 1.54) is 0 Å². The van der Waals surface area contributed by atoms with Crippen LogP contribution in [0.1, 0.15) is 18.9 Å². The molecule has 2 heterocycles. The third-order valence-electron chi connectivity index (χ3n) is 6.00. The molecule has 0 radical (unpaired) electrons. The van der Waals surface area contributed by atoms with Gasteiger partial charge in [-0.15, -0.1) is 0 Å². The van der Waals surface area contributed by atoms with Gasteiger partial charge in [-0.25, -0.2) is 4.98 Å². The lowest BCUT2D eigenvalue weighted by Crippen LogP contribution is -2.47. The summed E-state index contributed by atoms with van der Waals surface area (Å²) in [6.07, 6.45) is 5.49. The Hall–Kier alpha value is -3.30. The first kappa shape index (κ1) is 25.3. The van der Waals surface area contributed by atoms with Crippen LogP contribution >= 0.6 is 0 Å². The predicted octanol–water partition coefficient (Wildman–Crippen LogP) is 1.85. The Bertz CT molecular complexity index is 997. The molecule has 1 saturated heterocycles. The number of benzene rings is 1. The van der Waals surface area contributed by atoms with E-state index >= 15 is 0 Å². The lowest BCUT2D eigenvalue weighted by molar-refractivity contribution is -0.122. The van der Waals surface area contributed by atoms with Gasteiger partial charge in [0, 0.05) is 95.3 Å². The second-order valence-electron chi connectivity index (χ2n) is 8.21. The van der Waals surface area contributed by atoms with Gasteiger partial charge in [0.15, 0.2) is 5.82 Å². The number of anilines is 1. The first-order chi connectivity index (χ1) is 16.5. The Morgan fingerprint density at radius 1 is 1.18 bits per heavy atom. The first-order valence-electron chi connectivity index (χ1n) is 11.5. The van der Waals surface area contributed by atoms with Crippen molar-refractivity contribution in [1.82, 2.24) is 20.2 Å². The van der Waals surface area contributed by atoms with Crippen LogP contribution in [0.5, 0.6) is 0 Å². The second kappa shape index (κ2) is 12.8. The van der Waals surface area contributed by atoms with Crippen molar-refractivity contribution >= 4 is 17.4 Å². The van der Waals surface area contributed by atoms with E-state index in [-0.39, 0.29) is 5.91 Å². The fraction of sp³-hybridized carbons (Fsp3) is 0.440. The number of aliphatic imine (C=N–C) groups is 1. The fourth-order valence-corrected chi connectivity index (χ4v) is 3.82. The van der Waals surface area contributed by atoms with Crippen LogP contribution in [0.25, 0.3) is 11.3 Å². The topological polar surface area (TPSA) is 109 Å². The van der Waals surface area contributed by atoms with Gasteiger partial charge < -0.3 is 20.7 Å². The van der Waals surface area contributed by atoms with Gasteiger partial charge in [0.25, 0.3) is 0 Å². The summed E-state index contributed by atoms with van der Waals surface area (Å²) in [5.74, 6) is 0.871. The van der Waals surface area contributed by atoms with Crippen LogP contribution in [0.3, 0.4) is 0 Å². The molecule has 9 heteroatoms. The SMILES string of the molecule is CN=C(C)/C(=C\N)CN1CCN(c2nccnc2-c2ccc(CNC(=O)CCOC)cc2)CC1. The number of amides is 1. The molecule has 3 N–H and O–H groups in total. The normalized spacial score (nSPS) is 15.4. The number of carbonyl (C=O) groups excluding carboxylic acids is 1. The highest BCUT2D eigenvalue weighted by Crippen LogP contribution is 2.27. The van der Waals surface area contributed by atoms with E-state index in [1.54, 1.807) is 32.8 Å². The molecule has 0 atom stereocenters. The van der Waals surface area contributed by atoms with Gasteiger partial charge in [-0.1, -0.05) is 24.3 Å². The van der Waals surface area contributed by atoms with Crippen molar-refractivity contribution < 1.29 is 9.53 Å². The van der Waals surface area contributed by atoms with E-state index in [4.69, 9.17) is 10.5 Å².